The summed E-state index contributed by atoms with van der Waals surface area (Å²) in [6.45, 7) is 0.759. The normalized spacial score (nSPS) is 26.1. The lowest BCUT2D eigenvalue weighted by Gasteiger charge is -2.44. The third-order valence-electron chi connectivity index (χ3n) is 4.75. The molecule has 3 rings (SSSR count). The smallest absolute Gasteiger partial charge is 0.258 e. The quantitative estimate of drug-likeness (QED) is 0.775. The average molecular weight is 275 g/mol. The number of hydrogen-bond acceptors (Lipinski definition) is 3. The van der Waals surface area contributed by atoms with Crippen molar-refractivity contribution in [1.29, 1.82) is 0 Å². The van der Waals surface area contributed by atoms with Crippen molar-refractivity contribution >= 4 is 5.91 Å². The van der Waals surface area contributed by atoms with Gasteiger partial charge in [-0.3, -0.25) is 4.79 Å². The Morgan fingerprint density at radius 2 is 1.85 bits per heavy atom. The number of phenolic OH excluding ortho intramolecular Hbond substituents is 2. The van der Waals surface area contributed by atoms with Gasteiger partial charge >= 0.3 is 0 Å². The molecule has 2 atom stereocenters. The molecule has 1 heterocycles. The predicted octanol–water partition coefficient (Wildman–Crippen LogP) is 2.89. The van der Waals surface area contributed by atoms with Crippen LogP contribution in [-0.4, -0.2) is 33.6 Å². The summed E-state index contributed by atoms with van der Waals surface area (Å²) in [7, 11) is 0. The number of phenols is 2. The summed E-state index contributed by atoms with van der Waals surface area (Å²) in [5, 5.41) is 19.5. The van der Waals surface area contributed by atoms with Gasteiger partial charge in [-0.1, -0.05) is 18.9 Å². The Morgan fingerprint density at radius 1 is 1.10 bits per heavy atom. The minimum Gasteiger partial charge on any atom is -0.504 e. The molecular formula is C16H21NO3. The van der Waals surface area contributed by atoms with Gasteiger partial charge in [0.25, 0.3) is 5.91 Å². The van der Waals surface area contributed by atoms with Crippen molar-refractivity contribution in [2.24, 2.45) is 5.92 Å². The third kappa shape index (κ3) is 2.23. The van der Waals surface area contributed by atoms with Gasteiger partial charge in [-0.05, 0) is 43.7 Å². The summed E-state index contributed by atoms with van der Waals surface area (Å²) >= 11 is 0. The molecule has 2 fully saturated rings. The van der Waals surface area contributed by atoms with E-state index in [9.17, 15) is 15.0 Å². The van der Waals surface area contributed by atoms with Crippen LogP contribution in [0.4, 0.5) is 0 Å². The molecule has 0 bridgehead atoms. The lowest BCUT2D eigenvalue weighted by molar-refractivity contribution is 0.0387. The van der Waals surface area contributed by atoms with E-state index in [2.05, 4.69) is 0 Å². The Balaban J connectivity index is 1.87. The Morgan fingerprint density at radius 3 is 2.70 bits per heavy atom. The number of nitrogens with zero attached hydrogens (tertiary/aromatic N) is 1. The number of piperidine rings is 1. The minimum atomic E-state index is -0.296. The maximum Gasteiger partial charge on any atom is 0.258 e. The zero-order valence-electron chi connectivity index (χ0n) is 11.6. The van der Waals surface area contributed by atoms with Crippen molar-refractivity contribution in [3.63, 3.8) is 0 Å². The number of carbonyl (C=O) groups excluding carboxylic acids is 1. The molecule has 108 valence electrons. The molecule has 0 radical (unpaired) electrons. The largest absolute Gasteiger partial charge is 0.504 e. The van der Waals surface area contributed by atoms with E-state index >= 15 is 0 Å². The molecule has 2 aliphatic rings. The fourth-order valence-electron chi connectivity index (χ4n) is 3.74. The van der Waals surface area contributed by atoms with Crippen molar-refractivity contribution in [2.75, 3.05) is 6.54 Å². The molecule has 20 heavy (non-hydrogen) atoms. The summed E-state index contributed by atoms with van der Waals surface area (Å²) in [6, 6.07) is 4.90. The first-order valence-electron chi connectivity index (χ1n) is 7.50. The van der Waals surface area contributed by atoms with Crippen LogP contribution in [0, 0.1) is 5.92 Å². The summed E-state index contributed by atoms with van der Waals surface area (Å²) in [5.74, 6) is -0.0561. The van der Waals surface area contributed by atoms with Gasteiger partial charge in [0.2, 0.25) is 0 Å². The molecule has 1 saturated carbocycles. The van der Waals surface area contributed by atoms with Crippen LogP contribution < -0.4 is 0 Å². The SMILES string of the molecule is O=C(c1cccc(O)c1O)N1CCC[C@H]2CCCC[C@H]21. The number of benzene rings is 1. The summed E-state index contributed by atoms with van der Waals surface area (Å²) in [5.41, 5.74) is 0.219. The second kappa shape index (κ2) is 5.35. The third-order valence-corrected chi connectivity index (χ3v) is 4.75. The zero-order valence-corrected chi connectivity index (χ0v) is 11.6. The molecule has 0 aromatic heterocycles. The van der Waals surface area contributed by atoms with Gasteiger partial charge in [-0.15, -0.1) is 0 Å². The number of carbonyl (C=O) groups is 1. The lowest BCUT2D eigenvalue weighted by Crippen LogP contribution is -2.49. The molecule has 0 spiro atoms. The zero-order chi connectivity index (χ0) is 14.1. The van der Waals surface area contributed by atoms with Crippen molar-refractivity contribution in [3.8, 4) is 11.5 Å². The minimum absolute atomic E-state index is 0.144. The second-order valence-corrected chi connectivity index (χ2v) is 5.93. The molecule has 4 nitrogen and oxygen atoms in total. The first-order valence-corrected chi connectivity index (χ1v) is 7.50. The van der Waals surface area contributed by atoms with E-state index in [1.807, 2.05) is 4.90 Å². The van der Waals surface area contributed by atoms with Crippen LogP contribution >= 0.6 is 0 Å². The molecule has 1 aromatic rings. The van der Waals surface area contributed by atoms with Crippen molar-refractivity contribution in [2.45, 2.75) is 44.6 Å². The van der Waals surface area contributed by atoms with Crippen LogP contribution in [0.5, 0.6) is 11.5 Å². The Kier molecular flexibility index (Phi) is 3.55. The fourth-order valence-corrected chi connectivity index (χ4v) is 3.74. The first-order chi connectivity index (χ1) is 9.68. The van der Waals surface area contributed by atoms with Gasteiger partial charge in [-0.2, -0.15) is 0 Å². The Bertz CT molecular complexity index is 512. The highest BCUT2D eigenvalue weighted by atomic mass is 16.3. The number of rotatable bonds is 1. The van der Waals surface area contributed by atoms with Crippen molar-refractivity contribution in [3.05, 3.63) is 23.8 Å². The van der Waals surface area contributed by atoms with Crippen LogP contribution in [0.1, 0.15) is 48.9 Å². The second-order valence-electron chi connectivity index (χ2n) is 5.93. The van der Waals surface area contributed by atoms with Crippen LogP contribution in [0.3, 0.4) is 0 Å². The molecule has 0 unspecified atom stereocenters. The monoisotopic (exact) mass is 275 g/mol. The number of likely N-dealkylation sites (tertiary alicyclic amines) is 1. The van der Waals surface area contributed by atoms with E-state index in [0.29, 0.717) is 12.0 Å². The highest BCUT2D eigenvalue weighted by molar-refractivity contribution is 5.97. The van der Waals surface area contributed by atoms with E-state index in [0.717, 1.165) is 19.4 Å². The number of aromatic hydroxyl groups is 2. The van der Waals surface area contributed by atoms with Gasteiger partial charge < -0.3 is 15.1 Å². The highest BCUT2D eigenvalue weighted by Gasteiger charge is 2.36. The molecule has 1 saturated heterocycles. The van der Waals surface area contributed by atoms with E-state index in [1.54, 1.807) is 12.1 Å². The van der Waals surface area contributed by atoms with E-state index in [4.69, 9.17) is 0 Å². The van der Waals surface area contributed by atoms with Crippen LogP contribution in [0.25, 0.3) is 0 Å². The summed E-state index contributed by atoms with van der Waals surface area (Å²) in [6.07, 6.45) is 6.96. The lowest BCUT2D eigenvalue weighted by atomic mass is 9.78. The molecule has 1 aliphatic heterocycles. The molecule has 1 aromatic carbocycles. The number of amides is 1. The predicted molar refractivity (Wildman–Crippen MR) is 75.8 cm³/mol. The molecular weight excluding hydrogens is 254 g/mol. The van der Waals surface area contributed by atoms with Crippen LogP contribution in [-0.2, 0) is 0 Å². The van der Waals surface area contributed by atoms with Crippen LogP contribution in [0.15, 0.2) is 18.2 Å². The average Bonchev–Trinajstić information content (AvgIpc) is 2.49. The van der Waals surface area contributed by atoms with E-state index in [1.165, 1.54) is 31.7 Å². The summed E-state index contributed by atoms with van der Waals surface area (Å²) in [4.78, 5) is 14.6. The standard InChI is InChI=1S/C16H21NO3/c18-14-9-3-7-12(15(14)19)16(20)17-10-4-6-11-5-1-2-8-13(11)17/h3,7,9,11,13,18-19H,1-2,4-6,8,10H2/t11-,13-/m1/s1. The number of para-hydroxylation sites is 1. The number of fused-ring (bicyclic) bond motifs is 1. The first kappa shape index (κ1) is 13.3. The van der Waals surface area contributed by atoms with Crippen molar-refractivity contribution in [1.82, 2.24) is 4.90 Å². The maximum absolute atomic E-state index is 12.7. The topological polar surface area (TPSA) is 60.8 Å². The van der Waals surface area contributed by atoms with Crippen LogP contribution in [0.2, 0.25) is 0 Å². The van der Waals surface area contributed by atoms with E-state index in [-0.39, 0.29) is 23.0 Å². The fraction of sp³-hybridized carbons (Fsp3) is 0.562. The Labute approximate surface area is 119 Å². The maximum atomic E-state index is 12.7. The molecule has 4 heteroatoms. The molecule has 2 N–H and O–H groups in total. The van der Waals surface area contributed by atoms with E-state index < -0.39 is 0 Å². The van der Waals surface area contributed by atoms with Gasteiger partial charge in [-0.25, -0.2) is 0 Å². The van der Waals surface area contributed by atoms with Gasteiger partial charge in [0.05, 0.1) is 5.56 Å². The highest BCUT2D eigenvalue weighted by Crippen LogP contribution is 2.37. The van der Waals surface area contributed by atoms with Gasteiger partial charge in [0.15, 0.2) is 11.5 Å². The molecule has 1 aliphatic carbocycles. The summed E-state index contributed by atoms with van der Waals surface area (Å²) < 4.78 is 0. The Hall–Kier alpha value is -1.71. The number of hydrogen-bond donors (Lipinski definition) is 2. The van der Waals surface area contributed by atoms with Gasteiger partial charge in [0, 0.05) is 12.6 Å². The van der Waals surface area contributed by atoms with Gasteiger partial charge in [0.1, 0.15) is 0 Å². The van der Waals surface area contributed by atoms with Crippen molar-refractivity contribution < 1.29 is 15.0 Å². The molecule has 1 amide bonds.